The van der Waals surface area contributed by atoms with Gasteiger partial charge >= 0.3 is 6.03 Å². The fourth-order valence-corrected chi connectivity index (χ4v) is 3.27. The van der Waals surface area contributed by atoms with Crippen LogP contribution < -0.4 is 15.5 Å². The summed E-state index contributed by atoms with van der Waals surface area (Å²) in [6.45, 7) is 10.0. The van der Waals surface area contributed by atoms with Crippen LogP contribution in [0.2, 0.25) is 0 Å². The maximum Gasteiger partial charge on any atom is 0.315 e. The molecule has 1 aromatic heterocycles. The molecule has 1 aromatic rings. The molecule has 2 amide bonds. The number of amides is 2. The highest BCUT2D eigenvalue weighted by atomic mass is 16.3. The van der Waals surface area contributed by atoms with Crippen LogP contribution in [0.5, 0.6) is 0 Å². The standard InChI is InChI=1S/C19H32N4O2/c1-14-6-5-7-17(20-14)23-10-8-15(9-11-23)21-18(25)22-16(13-24)12-19(2,3)4/h5-7,15-16,24H,8-13H2,1-4H3,(H2,21,22,25). The van der Waals surface area contributed by atoms with Crippen LogP contribution in [0, 0.1) is 12.3 Å². The number of aromatic nitrogens is 1. The average molecular weight is 348 g/mol. The lowest BCUT2D eigenvalue weighted by Gasteiger charge is -2.33. The maximum atomic E-state index is 12.2. The van der Waals surface area contributed by atoms with Crippen LogP contribution in [0.3, 0.4) is 0 Å². The molecule has 25 heavy (non-hydrogen) atoms. The van der Waals surface area contributed by atoms with Crippen molar-refractivity contribution in [2.45, 2.75) is 59.0 Å². The molecule has 2 heterocycles. The Morgan fingerprint density at radius 1 is 1.36 bits per heavy atom. The van der Waals surface area contributed by atoms with Gasteiger partial charge in [-0.05, 0) is 43.7 Å². The lowest BCUT2D eigenvalue weighted by molar-refractivity contribution is 0.188. The second-order valence-corrected chi connectivity index (χ2v) is 8.16. The number of nitrogens with zero attached hydrogens (tertiary/aromatic N) is 2. The summed E-state index contributed by atoms with van der Waals surface area (Å²) in [6.07, 6.45) is 2.53. The molecule has 0 bridgehead atoms. The number of aliphatic hydroxyl groups is 1. The van der Waals surface area contributed by atoms with Crippen molar-refractivity contribution in [2.24, 2.45) is 5.41 Å². The first-order chi connectivity index (χ1) is 11.8. The zero-order valence-corrected chi connectivity index (χ0v) is 15.9. The monoisotopic (exact) mass is 348 g/mol. The first-order valence-electron chi connectivity index (χ1n) is 9.13. The molecular weight excluding hydrogens is 316 g/mol. The average Bonchev–Trinajstić information content (AvgIpc) is 2.53. The van der Waals surface area contributed by atoms with E-state index in [0.717, 1.165) is 43.9 Å². The van der Waals surface area contributed by atoms with Crippen LogP contribution in [-0.4, -0.2) is 47.9 Å². The number of hydrogen-bond acceptors (Lipinski definition) is 4. The summed E-state index contributed by atoms with van der Waals surface area (Å²) in [4.78, 5) is 19.0. The largest absolute Gasteiger partial charge is 0.394 e. The predicted molar refractivity (Wildman–Crippen MR) is 101 cm³/mol. The number of urea groups is 1. The SMILES string of the molecule is Cc1cccc(N2CCC(NC(=O)NC(CO)CC(C)(C)C)CC2)n1. The molecule has 1 aliphatic heterocycles. The molecule has 1 aliphatic rings. The number of piperidine rings is 1. The number of pyridine rings is 1. The third-order valence-corrected chi connectivity index (χ3v) is 4.44. The molecule has 6 heteroatoms. The summed E-state index contributed by atoms with van der Waals surface area (Å²) in [5.41, 5.74) is 1.08. The minimum absolute atomic E-state index is 0.0395. The summed E-state index contributed by atoms with van der Waals surface area (Å²) in [6, 6.07) is 5.82. The molecule has 1 saturated heterocycles. The van der Waals surface area contributed by atoms with Crippen molar-refractivity contribution in [3.63, 3.8) is 0 Å². The minimum atomic E-state index is -0.211. The Kier molecular flexibility index (Phi) is 6.64. The van der Waals surface area contributed by atoms with Crippen molar-refractivity contribution in [3.8, 4) is 0 Å². The molecule has 1 unspecified atom stereocenters. The lowest BCUT2D eigenvalue weighted by atomic mass is 9.88. The molecule has 0 radical (unpaired) electrons. The van der Waals surface area contributed by atoms with Gasteiger partial charge in [0.15, 0.2) is 0 Å². The van der Waals surface area contributed by atoms with Crippen molar-refractivity contribution in [1.82, 2.24) is 15.6 Å². The topological polar surface area (TPSA) is 77.5 Å². The molecule has 0 aliphatic carbocycles. The van der Waals surface area contributed by atoms with Gasteiger partial charge in [0.1, 0.15) is 5.82 Å². The van der Waals surface area contributed by atoms with Crippen LogP contribution in [0.15, 0.2) is 18.2 Å². The Labute approximate surface area is 151 Å². The molecule has 1 fully saturated rings. The summed E-state index contributed by atoms with van der Waals surface area (Å²) < 4.78 is 0. The Morgan fingerprint density at radius 3 is 2.60 bits per heavy atom. The number of aliphatic hydroxyl groups excluding tert-OH is 1. The first-order valence-corrected chi connectivity index (χ1v) is 9.13. The molecule has 1 atom stereocenters. The number of nitrogens with one attached hydrogen (secondary N) is 2. The number of anilines is 1. The quantitative estimate of drug-likeness (QED) is 0.764. The van der Waals surface area contributed by atoms with Crippen LogP contribution in [0.25, 0.3) is 0 Å². The van der Waals surface area contributed by atoms with Crippen molar-refractivity contribution in [2.75, 3.05) is 24.6 Å². The smallest absolute Gasteiger partial charge is 0.315 e. The van der Waals surface area contributed by atoms with E-state index in [9.17, 15) is 9.90 Å². The van der Waals surface area contributed by atoms with E-state index in [-0.39, 0.29) is 30.1 Å². The van der Waals surface area contributed by atoms with Crippen LogP contribution in [-0.2, 0) is 0 Å². The van der Waals surface area contributed by atoms with Crippen molar-refractivity contribution < 1.29 is 9.90 Å². The number of hydrogen-bond donors (Lipinski definition) is 3. The Bertz CT molecular complexity index is 563. The highest BCUT2D eigenvalue weighted by Gasteiger charge is 2.24. The van der Waals surface area contributed by atoms with Crippen LogP contribution in [0.1, 0.15) is 45.7 Å². The van der Waals surface area contributed by atoms with Gasteiger partial charge in [0.2, 0.25) is 0 Å². The molecule has 140 valence electrons. The van der Waals surface area contributed by atoms with Gasteiger partial charge in [-0.3, -0.25) is 0 Å². The maximum absolute atomic E-state index is 12.2. The molecule has 0 aromatic carbocycles. The van der Waals surface area contributed by atoms with E-state index in [0.29, 0.717) is 0 Å². The fourth-order valence-electron chi connectivity index (χ4n) is 3.27. The molecular formula is C19H32N4O2. The van der Waals surface area contributed by atoms with E-state index in [2.05, 4.69) is 41.3 Å². The van der Waals surface area contributed by atoms with E-state index < -0.39 is 0 Å². The Balaban J connectivity index is 1.78. The highest BCUT2D eigenvalue weighted by molar-refractivity contribution is 5.74. The third-order valence-electron chi connectivity index (χ3n) is 4.44. The van der Waals surface area contributed by atoms with E-state index in [1.165, 1.54) is 0 Å². The van der Waals surface area contributed by atoms with Gasteiger partial charge in [0.25, 0.3) is 0 Å². The number of carbonyl (C=O) groups excluding carboxylic acids is 1. The Morgan fingerprint density at radius 2 is 2.04 bits per heavy atom. The van der Waals surface area contributed by atoms with Crippen LogP contribution >= 0.6 is 0 Å². The van der Waals surface area contributed by atoms with Crippen LogP contribution in [0.4, 0.5) is 10.6 Å². The molecule has 3 N–H and O–H groups in total. The third kappa shape index (κ3) is 6.53. The van der Waals surface area contributed by atoms with Crippen molar-refractivity contribution in [3.05, 3.63) is 23.9 Å². The first kappa shape index (κ1) is 19.5. The van der Waals surface area contributed by atoms with Gasteiger partial charge in [0.05, 0.1) is 12.6 Å². The normalized spacial score (nSPS) is 17.2. The fraction of sp³-hybridized carbons (Fsp3) is 0.684. The summed E-state index contributed by atoms with van der Waals surface area (Å²) >= 11 is 0. The second-order valence-electron chi connectivity index (χ2n) is 8.16. The van der Waals surface area contributed by atoms with E-state index in [1.54, 1.807) is 0 Å². The minimum Gasteiger partial charge on any atom is -0.394 e. The summed E-state index contributed by atoms with van der Waals surface area (Å²) in [5.74, 6) is 1.01. The Hall–Kier alpha value is -1.82. The molecule has 0 spiro atoms. The van der Waals surface area contributed by atoms with E-state index in [4.69, 9.17) is 0 Å². The number of rotatable bonds is 5. The van der Waals surface area contributed by atoms with Gasteiger partial charge in [-0.25, -0.2) is 9.78 Å². The van der Waals surface area contributed by atoms with E-state index >= 15 is 0 Å². The molecule has 6 nitrogen and oxygen atoms in total. The van der Waals surface area contributed by atoms with Gasteiger partial charge in [-0.15, -0.1) is 0 Å². The van der Waals surface area contributed by atoms with Gasteiger partial charge in [-0.1, -0.05) is 26.8 Å². The van der Waals surface area contributed by atoms with E-state index in [1.807, 2.05) is 25.1 Å². The van der Waals surface area contributed by atoms with Gasteiger partial charge < -0.3 is 20.6 Å². The van der Waals surface area contributed by atoms with Gasteiger partial charge in [0, 0.05) is 24.8 Å². The van der Waals surface area contributed by atoms with Gasteiger partial charge in [-0.2, -0.15) is 0 Å². The zero-order valence-electron chi connectivity index (χ0n) is 15.9. The highest BCUT2D eigenvalue weighted by Crippen LogP contribution is 2.21. The van der Waals surface area contributed by atoms with Crippen molar-refractivity contribution in [1.29, 1.82) is 0 Å². The molecule has 2 rings (SSSR count). The lowest BCUT2D eigenvalue weighted by Crippen LogP contribution is -2.51. The van der Waals surface area contributed by atoms with Crippen molar-refractivity contribution >= 4 is 11.8 Å². The summed E-state index contributed by atoms with van der Waals surface area (Å²) in [5, 5.41) is 15.4. The molecule has 0 saturated carbocycles. The zero-order chi connectivity index (χ0) is 18.4. The predicted octanol–water partition coefficient (Wildman–Crippen LogP) is 2.46. The number of carbonyl (C=O) groups is 1. The summed E-state index contributed by atoms with van der Waals surface area (Å²) in [7, 11) is 0. The number of aryl methyl sites for hydroxylation is 1. The second kappa shape index (κ2) is 8.52.